The van der Waals surface area contributed by atoms with Crippen LogP contribution in [-0.2, 0) is 6.54 Å². The van der Waals surface area contributed by atoms with Gasteiger partial charge in [-0.25, -0.2) is 14.5 Å². The highest BCUT2D eigenvalue weighted by molar-refractivity contribution is 5.85. The summed E-state index contributed by atoms with van der Waals surface area (Å²) in [6.45, 7) is 4.42. The van der Waals surface area contributed by atoms with Crippen LogP contribution in [0.3, 0.4) is 0 Å². The smallest absolute Gasteiger partial charge is 0.356 e. The van der Waals surface area contributed by atoms with Crippen molar-refractivity contribution in [2.75, 3.05) is 0 Å². The van der Waals surface area contributed by atoms with Crippen LogP contribution >= 0.6 is 0 Å². The molecule has 0 amide bonds. The summed E-state index contributed by atoms with van der Waals surface area (Å²) in [5.74, 6) is -0.283. The summed E-state index contributed by atoms with van der Waals surface area (Å²) in [6, 6.07) is 1.67. The van der Waals surface area contributed by atoms with Gasteiger partial charge in [0.1, 0.15) is 18.7 Å². The molecule has 0 saturated heterocycles. The fraction of sp³-hybridized carbons (Fsp3) is 0.400. The molecule has 1 N–H and O–H groups in total. The predicted molar refractivity (Wildman–Crippen MR) is 58.7 cm³/mol. The van der Waals surface area contributed by atoms with Gasteiger partial charge in [0.15, 0.2) is 5.69 Å². The summed E-state index contributed by atoms with van der Waals surface area (Å²) in [5, 5.41) is 16.8. The third-order valence-corrected chi connectivity index (χ3v) is 2.30. The lowest BCUT2D eigenvalue weighted by molar-refractivity contribution is 0.0689. The summed E-state index contributed by atoms with van der Waals surface area (Å²) in [6.07, 6.45) is 3.10. The summed E-state index contributed by atoms with van der Waals surface area (Å²) in [7, 11) is 0. The summed E-state index contributed by atoms with van der Waals surface area (Å²) < 4.78 is 3.31. The summed E-state index contributed by atoms with van der Waals surface area (Å²) in [5.41, 5.74) is 0.0283. The number of rotatable bonds is 4. The molecule has 90 valence electrons. The van der Waals surface area contributed by atoms with Crippen LogP contribution in [-0.4, -0.2) is 35.6 Å². The first kappa shape index (κ1) is 11.3. The summed E-state index contributed by atoms with van der Waals surface area (Å²) in [4.78, 5) is 14.8. The minimum Gasteiger partial charge on any atom is -0.476 e. The SMILES string of the molecule is CC(C)n1ncnc1Cn1ccc(C(=O)O)n1. The van der Waals surface area contributed by atoms with E-state index in [4.69, 9.17) is 5.11 Å². The van der Waals surface area contributed by atoms with Crippen molar-refractivity contribution in [1.82, 2.24) is 24.5 Å². The number of aromatic nitrogens is 5. The minimum atomic E-state index is -1.03. The largest absolute Gasteiger partial charge is 0.476 e. The van der Waals surface area contributed by atoms with Gasteiger partial charge in [0.2, 0.25) is 0 Å². The van der Waals surface area contributed by atoms with Crippen LogP contribution in [0.1, 0.15) is 36.2 Å². The zero-order valence-electron chi connectivity index (χ0n) is 9.61. The number of nitrogens with zero attached hydrogens (tertiary/aromatic N) is 5. The Kier molecular flexibility index (Phi) is 2.90. The Hall–Kier alpha value is -2.18. The second-order valence-corrected chi connectivity index (χ2v) is 3.92. The van der Waals surface area contributed by atoms with E-state index in [1.807, 2.05) is 13.8 Å². The molecule has 0 saturated carbocycles. The number of hydrogen-bond acceptors (Lipinski definition) is 4. The van der Waals surface area contributed by atoms with Crippen molar-refractivity contribution in [2.24, 2.45) is 0 Å². The third kappa shape index (κ3) is 2.32. The molecule has 0 unspecified atom stereocenters. The number of aromatic carboxylic acids is 1. The lowest BCUT2D eigenvalue weighted by Crippen LogP contribution is -2.12. The standard InChI is InChI=1S/C10H13N5O2/c1-7(2)15-9(11-6-12-15)5-14-4-3-8(13-14)10(16)17/h3-4,6-7H,5H2,1-2H3,(H,16,17). The second-order valence-electron chi connectivity index (χ2n) is 3.92. The Balaban J connectivity index is 2.19. The number of carbonyl (C=O) groups is 1. The second kappa shape index (κ2) is 4.36. The maximum Gasteiger partial charge on any atom is 0.356 e. The van der Waals surface area contributed by atoms with Crippen LogP contribution in [0, 0.1) is 0 Å². The van der Waals surface area contributed by atoms with E-state index in [9.17, 15) is 4.79 Å². The molecule has 7 heteroatoms. The first-order valence-corrected chi connectivity index (χ1v) is 5.23. The van der Waals surface area contributed by atoms with E-state index in [0.717, 1.165) is 5.82 Å². The lowest BCUT2D eigenvalue weighted by atomic mass is 10.4. The van der Waals surface area contributed by atoms with Crippen molar-refractivity contribution < 1.29 is 9.90 Å². The van der Waals surface area contributed by atoms with Crippen molar-refractivity contribution in [2.45, 2.75) is 26.4 Å². The molecular formula is C10H13N5O2. The van der Waals surface area contributed by atoms with Crippen molar-refractivity contribution in [1.29, 1.82) is 0 Å². The van der Waals surface area contributed by atoms with E-state index in [1.54, 1.807) is 10.9 Å². The van der Waals surface area contributed by atoms with Gasteiger partial charge in [-0.3, -0.25) is 4.68 Å². The fourth-order valence-corrected chi connectivity index (χ4v) is 1.53. The van der Waals surface area contributed by atoms with Gasteiger partial charge in [0.25, 0.3) is 0 Å². The van der Waals surface area contributed by atoms with E-state index in [2.05, 4.69) is 15.2 Å². The van der Waals surface area contributed by atoms with Crippen molar-refractivity contribution in [3.8, 4) is 0 Å². The lowest BCUT2D eigenvalue weighted by Gasteiger charge is -2.08. The Morgan fingerprint density at radius 1 is 1.53 bits per heavy atom. The van der Waals surface area contributed by atoms with Crippen molar-refractivity contribution >= 4 is 5.97 Å². The molecule has 0 spiro atoms. The molecule has 2 aromatic rings. The van der Waals surface area contributed by atoms with E-state index in [0.29, 0.717) is 6.54 Å². The topological polar surface area (TPSA) is 85.8 Å². The molecule has 0 bridgehead atoms. The highest BCUT2D eigenvalue weighted by atomic mass is 16.4. The first-order valence-electron chi connectivity index (χ1n) is 5.23. The summed E-state index contributed by atoms with van der Waals surface area (Å²) >= 11 is 0. The monoisotopic (exact) mass is 235 g/mol. The Bertz CT molecular complexity index is 528. The molecule has 0 radical (unpaired) electrons. The molecule has 0 aromatic carbocycles. The van der Waals surface area contributed by atoms with Crippen LogP contribution in [0.25, 0.3) is 0 Å². The quantitative estimate of drug-likeness (QED) is 0.847. The number of carboxylic acids is 1. The first-order chi connectivity index (χ1) is 8.08. The zero-order valence-corrected chi connectivity index (χ0v) is 9.61. The van der Waals surface area contributed by atoms with Crippen LogP contribution < -0.4 is 0 Å². The highest BCUT2D eigenvalue weighted by Crippen LogP contribution is 2.07. The van der Waals surface area contributed by atoms with Gasteiger partial charge in [-0.1, -0.05) is 0 Å². The highest BCUT2D eigenvalue weighted by Gasteiger charge is 2.11. The number of hydrogen-bond donors (Lipinski definition) is 1. The van der Waals surface area contributed by atoms with Gasteiger partial charge in [-0.2, -0.15) is 10.2 Å². The average Bonchev–Trinajstić information content (AvgIpc) is 2.86. The molecule has 0 aliphatic heterocycles. The molecule has 7 nitrogen and oxygen atoms in total. The van der Waals surface area contributed by atoms with Gasteiger partial charge in [0.05, 0.1) is 0 Å². The molecule has 2 aromatic heterocycles. The predicted octanol–water partition coefficient (Wildman–Crippen LogP) is 0.802. The Labute approximate surface area is 97.7 Å². The Morgan fingerprint density at radius 3 is 2.88 bits per heavy atom. The molecular weight excluding hydrogens is 222 g/mol. The Morgan fingerprint density at radius 2 is 2.29 bits per heavy atom. The minimum absolute atomic E-state index is 0.0283. The molecule has 0 atom stereocenters. The molecule has 17 heavy (non-hydrogen) atoms. The van der Waals surface area contributed by atoms with Crippen LogP contribution in [0.5, 0.6) is 0 Å². The van der Waals surface area contributed by atoms with Crippen LogP contribution in [0.2, 0.25) is 0 Å². The maximum atomic E-state index is 10.7. The van der Waals surface area contributed by atoms with Gasteiger partial charge in [0, 0.05) is 12.2 Å². The third-order valence-electron chi connectivity index (χ3n) is 2.30. The van der Waals surface area contributed by atoms with E-state index >= 15 is 0 Å². The zero-order chi connectivity index (χ0) is 12.4. The normalized spacial score (nSPS) is 11.0. The van der Waals surface area contributed by atoms with Crippen LogP contribution in [0.4, 0.5) is 0 Å². The van der Waals surface area contributed by atoms with Gasteiger partial charge in [-0.15, -0.1) is 0 Å². The number of carboxylic acid groups (broad SMARTS) is 1. The molecule has 0 fully saturated rings. The maximum absolute atomic E-state index is 10.7. The molecule has 2 rings (SSSR count). The van der Waals surface area contributed by atoms with E-state index in [1.165, 1.54) is 17.1 Å². The van der Waals surface area contributed by atoms with Gasteiger partial charge < -0.3 is 5.11 Å². The fourth-order valence-electron chi connectivity index (χ4n) is 1.53. The van der Waals surface area contributed by atoms with Crippen molar-refractivity contribution in [3.63, 3.8) is 0 Å². The van der Waals surface area contributed by atoms with E-state index in [-0.39, 0.29) is 11.7 Å². The average molecular weight is 235 g/mol. The van der Waals surface area contributed by atoms with E-state index < -0.39 is 5.97 Å². The molecule has 2 heterocycles. The van der Waals surface area contributed by atoms with Crippen molar-refractivity contribution in [3.05, 3.63) is 30.1 Å². The molecule has 0 aliphatic rings. The van der Waals surface area contributed by atoms with Gasteiger partial charge in [-0.05, 0) is 19.9 Å². The van der Waals surface area contributed by atoms with Gasteiger partial charge >= 0.3 is 5.97 Å². The van der Waals surface area contributed by atoms with Crippen LogP contribution in [0.15, 0.2) is 18.6 Å². The molecule has 0 aliphatic carbocycles.